The Morgan fingerprint density at radius 2 is 1.00 bits per heavy atom. The lowest BCUT2D eigenvalue weighted by Gasteiger charge is -2.31. The van der Waals surface area contributed by atoms with Crippen LogP contribution in [-0.2, 0) is 28.6 Å². The summed E-state index contributed by atoms with van der Waals surface area (Å²) >= 11 is 0. The molecule has 0 heterocycles. The van der Waals surface area contributed by atoms with Gasteiger partial charge in [-0.15, -0.1) is 0 Å². The summed E-state index contributed by atoms with van der Waals surface area (Å²) < 4.78 is 17.2. The second-order valence-electron chi connectivity index (χ2n) is 16.3. The number of hydrogen-bond acceptors (Lipinski definition) is 6. The van der Waals surface area contributed by atoms with Gasteiger partial charge in [0.25, 0.3) is 0 Å². The Morgan fingerprint density at radius 1 is 0.544 bits per heavy atom. The average molecular weight is 801 g/mol. The highest BCUT2D eigenvalue weighted by Gasteiger charge is 2.31. The van der Waals surface area contributed by atoms with Crippen molar-refractivity contribution in [1.29, 1.82) is 0 Å². The van der Waals surface area contributed by atoms with Crippen molar-refractivity contribution in [3.05, 3.63) is 60.8 Å². The molecule has 0 saturated carbocycles. The number of unbranched alkanes of at least 4 members (excludes halogenated alkanes) is 16. The van der Waals surface area contributed by atoms with Gasteiger partial charge in [0.15, 0.2) is 12.1 Å². The number of esters is 2. The maximum Gasteiger partial charge on any atom is 0.362 e. The lowest BCUT2D eigenvalue weighted by atomic mass is 10.1. The Kier molecular flexibility index (Phi) is 37.8. The molecular weight excluding hydrogens is 715 g/mol. The van der Waals surface area contributed by atoms with Crippen LogP contribution < -0.4 is 0 Å². The van der Waals surface area contributed by atoms with E-state index in [0.717, 1.165) is 57.8 Å². The first-order valence-corrected chi connectivity index (χ1v) is 22.8. The molecule has 1 N–H and O–H groups in total. The minimum atomic E-state index is -0.885. The fourth-order valence-corrected chi connectivity index (χ4v) is 6.38. The van der Waals surface area contributed by atoms with Gasteiger partial charge >= 0.3 is 17.9 Å². The first-order chi connectivity index (χ1) is 27.6. The number of aliphatic carboxylic acids is 1. The lowest BCUT2D eigenvalue weighted by Crippen LogP contribution is -2.50. The molecule has 0 aliphatic carbocycles. The van der Waals surface area contributed by atoms with Crippen LogP contribution in [0.25, 0.3) is 0 Å². The van der Waals surface area contributed by atoms with E-state index in [1.54, 1.807) is 0 Å². The minimum absolute atomic E-state index is 0.0399. The van der Waals surface area contributed by atoms with E-state index >= 15 is 0 Å². The fourth-order valence-electron chi connectivity index (χ4n) is 6.38. The zero-order chi connectivity index (χ0) is 42.1. The van der Waals surface area contributed by atoms with Crippen LogP contribution in [0, 0.1) is 0 Å². The molecule has 8 nitrogen and oxygen atoms in total. The summed E-state index contributed by atoms with van der Waals surface area (Å²) in [5.74, 6) is -1.55. The van der Waals surface area contributed by atoms with E-state index in [4.69, 9.17) is 14.2 Å². The highest BCUT2D eigenvalue weighted by molar-refractivity contribution is 5.72. The van der Waals surface area contributed by atoms with Gasteiger partial charge in [-0.25, -0.2) is 4.79 Å². The molecule has 0 aliphatic heterocycles. The normalized spacial score (nSPS) is 13.5. The minimum Gasteiger partial charge on any atom is -0.477 e. The van der Waals surface area contributed by atoms with Crippen molar-refractivity contribution in [2.24, 2.45) is 0 Å². The summed E-state index contributed by atoms with van der Waals surface area (Å²) in [6, 6.07) is -0.625. The molecule has 2 atom stereocenters. The quantitative estimate of drug-likeness (QED) is 0.0285. The van der Waals surface area contributed by atoms with Crippen LogP contribution in [0.3, 0.4) is 0 Å². The van der Waals surface area contributed by atoms with E-state index in [9.17, 15) is 19.5 Å². The van der Waals surface area contributed by atoms with Crippen LogP contribution in [0.5, 0.6) is 0 Å². The van der Waals surface area contributed by atoms with Gasteiger partial charge in [0.1, 0.15) is 6.61 Å². The summed E-state index contributed by atoms with van der Waals surface area (Å²) in [5, 5.41) is 9.61. The molecule has 0 amide bonds. The van der Waals surface area contributed by atoms with E-state index in [-0.39, 0.29) is 42.7 Å². The van der Waals surface area contributed by atoms with Crippen molar-refractivity contribution in [2.75, 3.05) is 41.0 Å². The molecule has 0 saturated heterocycles. The van der Waals surface area contributed by atoms with Crippen molar-refractivity contribution in [3.63, 3.8) is 0 Å². The number of rotatable bonds is 40. The van der Waals surface area contributed by atoms with Crippen molar-refractivity contribution < 1.29 is 38.2 Å². The first-order valence-electron chi connectivity index (χ1n) is 22.8. The Balaban J connectivity index is 4.32. The summed E-state index contributed by atoms with van der Waals surface area (Å²) in [6.07, 6.45) is 48.6. The third kappa shape index (κ3) is 38.3. The van der Waals surface area contributed by atoms with Crippen LogP contribution in [0.4, 0.5) is 0 Å². The molecule has 0 spiro atoms. The number of likely N-dealkylation sites (N-methyl/N-ethyl adjacent to an activating group) is 1. The van der Waals surface area contributed by atoms with Gasteiger partial charge in [0, 0.05) is 19.3 Å². The van der Waals surface area contributed by atoms with Gasteiger partial charge in [-0.3, -0.25) is 9.59 Å². The van der Waals surface area contributed by atoms with Crippen LogP contribution in [0.2, 0.25) is 0 Å². The summed E-state index contributed by atoms with van der Waals surface area (Å²) in [4.78, 5) is 36.9. The van der Waals surface area contributed by atoms with Gasteiger partial charge < -0.3 is 23.8 Å². The Bertz CT molecular complexity index is 1120. The highest BCUT2D eigenvalue weighted by atomic mass is 16.6. The number of nitrogens with zero attached hydrogens (tertiary/aromatic N) is 1. The maximum atomic E-state index is 12.7. The number of carboxylic acids is 1. The SMILES string of the molecule is CC/C=C/C/C=C/C/C=C/CCCC(=O)OCC(COCCC(C(=O)O)[N+](C)(C)C)OC(=O)CCCCCCCCC/C=C/C/C=C/CCCCCCCCCC. The molecule has 0 fully saturated rings. The molecule has 2 unspecified atom stereocenters. The predicted octanol–water partition coefficient (Wildman–Crippen LogP) is 12.6. The van der Waals surface area contributed by atoms with E-state index in [0.29, 0.717) is 19.3 Å². The third-order valence-corrected chi connectivity index (χ3v) is 9.90. The van der Waals surface area contributed by atoms with Crippen LogP contribution >= 0.6 is 0 Å². The average Bonchev–Trinajstić information content (AvgIpc) is 3.17. The number of hydrogen-bond donors (Lipinski definition) is 1. The van der Waals surface area contributed by atoms with Gasteiger partial charge in [-0.05, 0) is 70.6 Å². The summed E-state index contributed by atoms with van der Waals surface area (Å²) in [6.45, 7) is 4.54. The van der Waals surface area contributed by atoms with Gasteiger partial charge in [-0.2, -0.15) is 0 Å². The second-order valence-corrected chi connectivity index (χ2v) is 16.3. The molecule has 0 aromatic carbocycles. The van der Waals surface area contributed by atoms with Gasteiger partial charge in [0.05, 0.1) is 34.4 Å². The van der Waals surface area contributed by atoms with E-state index in [2.05, 4.69) is 74.6 Å². The molecular formula is C49H86NO7+. The molecule has 0 radical (unpaired) electrons. The van der Waals surface area contributed by atoms with E-state index < -0.39 is 18.1 Å². The molecule has 0 aromatic heterocycles. The molecule has 57 heavy (non-hydrogen) atoms. The smallest absolute Gasteiger partial charge is 0.362 e. The standard InChI is InChI=1S/C49H85NO7/c1-6-8-10-12-14-16-18-19-20-21-22-23-24-25-26-27-28-30-32-34-36-38-40-48(52)57-45(43-55-42-41-46(49(53)54)50(3,4)5)44-56-47(51)39-37-35-33-31-29-17-15-13-11-9-7-2/h9,11,15,17,21-22,24-25,31,33,45-46H,6-8,10,12-14,16,18-20,23,26-30,32,34-44H2,1-5H3/p+1/b11-9+,17-15+,22-21+,25-24+,33-31+. The molecule has 0 aliphatic rings. The largest absolute Gasteiger partial charge is 0.477 e. The Hall–Kier alpha value is -2.97. The number of carboxylic acid groups (broad SMARTS) is 1. The van der Waals surface area contributed by atoms with E-state index in [1.165, 1.54) is 83.5 Å². The van der Waals surface area contributed by atoms with Crippen LogP contribution in [-0.4, -0.2) is 80.6 Å². The Labute approximate surface area is 349 Å². The van der Waals surface area contributed by atoms with Crippen LogP contribution in [0.15, 0.2) is 60.8 Å². The molecule has 0 bridgehead atoms. The predicted molar refractivity (Wildman–Crippen MR) is 238 cm³/mol. The van der Waals surface area contributed by atoms with Crippen molar-refractivity contribution >= 4 is 17.9 Å². The highest BCUT2D eigenvalue weighted by Crippen LogP contribution is 2.13. The second kappa shape index (κ2) is 39.8. The van der Waals surface area contributed by atoms with Gasteiger partial charge in [-0.1, -0.05) is 152 Å². The summed E-state index contributed by atoms with van der Waals surface area (Å²) in [7, 11) is 5.50. The fraction of sp³-hybridized carbons (Fsp3) is 0.735. The third-order valence-electron chi connectivity index (χ3n) is 9.90. The number of allylic oxidation sites excluding steroid dienone is 10. The molecule has 0 aromatic rings. The number of carbonyl (C=O) groups excluding carboxylic acids is 2. The monoisotopic (exact) mass is 801 g/mol. The van der Waals surface area contributed by atoms with Gasteiger partial charge in [0.2, 0.25) is 0 Å². The topological polar surface area (TPSA) is 99.1 Å². The lowest BCUT2D eigenvalue weighted by molar-refractivity contribution is -0.887. The molecule has 8 heteroatoms. The number of carbonyl (C=O) groups is 3. The molecule has 0 rings (SSSR count). The zero-order valence-electron chi connectivity index (χ0n) is 37.3. The molecule has 328 valence electrons. The van der Waals surface area contributed by atoms with E-state index in [1.807, 2.05) is 21.1 Å². The first kappa shape index (κ1) is 54.0. The summed E-state index contributed by atoms with van der Waals surface area (Å²) in [5.41, 5.74) is 0. The van der Waals surface area contributed by atoms with Crippen molar-refractivity contribution in [1.82, 2.24) is 0 Å². The maximum absolute atomic E-state index is 12.7. The zero-order valence-corrected chi connectivity index (χ0v) is 37.3. The van der Waals surface area contributed by atoms with Crippen molar-refractivity contribution in [2.45, 2.75) is 193 Å². The Morgan fingerprint density at radius 3 is 1.51 bits per heavy atom. The number of ether oxygens (including phenoxy) is 3. The van der Waals surface area contributed by atoms with Crippen molar-refractivity contribution in [3.8, 4) is 0 Å². The van der Waals surface area contributed by atoms with Crippen LogP contribution in [0.1, 0.15) is 181 Å². The number of quaternary nitrogens is 1.